The number of aliphatic hydroxyl groups is 1. The third-order valence-corrected chi connectivity index (χ3v) is 3.21. The minimum atomic E-state index is 0.266. The van der Waals surface area contributed by atoms with E-state index in [0.717, 1.165) is 25.7 Å². The minimum absolute atomic E-state index is 0.266. The SMILES string of the molecule is CC(CO)C(C)NCC1CCOCC1. The summed E-state index contributed by atoms with van der Waals surface area (Å²) in [6.45, 7) is 7.37. The van der Waals surface area contributed by atoms with E-state index in [9.17, 15) is 0 Å². The van der Waals surface area contributed by atoms with Gasteiger partial charge in [0.15, 0.2) is 0 Å². The molecule has 3 nitrogen and oxygen atoms in total. The van der Waals surface area contributed by atoms with Gasteiger partial charge in [0.25, 0.3) is 0 Å². The van der Waals surface area contributed by atoms with Crippen LogP contribution in [0.3, 0.4) is 0 Å². The van der Waals surface area contributed by atoms with Crippen LogP contribution in [0.15, 0.2) is 0 Å². The van der Waals surface area contributed by atoms with Gasteiger partial charge in [-0.05, 0) is 38.1 Å². The van der Waals surface area contributed by atoms with Gasteiger partial charge in [-0.1, -0.05) is 6.92 Å². The van der Waals surface area contributed by atoms with Crippen molar-refractivity contribution < 1.29 is 9.84 Å². The molecule has 1 aliphatic rings. The van der Waals surface area contributed by atoms with Crippen LogP contribution in [0, 0.1) is 11.8 Å². The topological polar surface area (TPSA) is 41.5 Å². The molecule has 2 atom stereocenters. The summed E-state index contributed by atoms with van der Waals surface area (Å²) in [5, 5.41) is 12.5. The van der Waals surface area contributed by atoms with Gasteiger partial charge < -0.3 is 15.2 Å². The van der Waals surface area contributed by atoms with Gasteiger partial charge in [-0.15, -0.1) is 0 Å². The highest BCUT2D eigenvalue weighted by molar-refractivity contribution is 4.72. The first kappa shape index (κ1) is 12.0. The fourth-order valence-corrected chi connectivity index (χ4v) is 1.66. The Hall–Kier alpha value is -0.120. The van der Waals surface area contributed by atoms with E-state index in [-0.39, 0.29) is 6.61 Å². The molecule has 0 bridgehead atoms. The number of hydrogen-bond donors (Lipinski definition) is 2. The quantitative estimate of drug-likeness (QED) is 0.698. The number of aliphatic hydroxyl groups excluding tert-OH is 1. The Morgan fingerprint density at radius 2 is 2.00 bits per heavy atom. The van der Waals surface area contributed by atoms with Gasteiger partial charge in [0, 0.05) is 25.9 Å². The summed E-state index contributed by atoms with van der Waals surface area (Å²) in [4.78, 5) is 0. The largest absolute Gasteiger partial charge is 0.396 e. The Kier molecular flexibility index (Phi) is 5.45. The first-order valence-electron chi connectivity index (χ1n) is 5.66. The molecule has 0 aromatic rings. The van der Waals surface area contributed by atoms with E-state index in [4.69, 9.17) is 9.84 Å². The average Bonchev–Trinajstić information content (AvgIpc) is 2.26. The fraction of sp³-hybridized carbons (Fsp3) is 1.00. The van der Waals surface area contributed by atoms with Crippen molar-refractivity contribution in [3.63, 3.8) is 0 Å². The van der Waals surface area contributed by atoms with Crippen molar-refractivity contribution in [1.29, 1.82) is 0 Å². The fourth-order valence-electron chi connectivity index (χ4n) is 1.66. The summed E-state index contributed by atoms with van der Waals surface area (Å²) >= 11 is 0. The van der Waals surface area contributed by atoms with Gasteiger partial charge >= 0.3 is 0 Å². The predicted octanol–water partition coefficient (Wildman–Crippen LogP) is 1.02. The third-order valence-electron chi connectivity index (χ3n) is 3.21. The lowest BCUT2D eigenvalue weighted by Gasteiger charge is -2.26. The van der Waals surface area contributed by atoms with Crippen LogP contribution in [-0.2, 0) is 4.74 Å². The molecule has 14 heavy (non-hydrogen) atoms. The molecule has 84 valence electrons. The Morgan fingerprint density at radius 3 is 2.57 bits per heavy atom. The molecule has 0 amide bonds. The van der Waals surface area contributed by atoms with Gasteiger partial charge in [0.05, 0.1) is 0 Å². The molecule has 1 saturated heterocycles. The molecule has 1 heterocycles. The molecule has 0 aromatic heterocycles. The van der Waals surface area contributed by atoms with Gasteiger partial charge in [-0.2, -0.15) is 0 Å². The smallest absolute Gasteiger partial charge is 0.0471 e. The molecule has 1 rings (SSSR count). The molecule has 1 fully saturated rings. The van der Waals surface area contributed by atoms with Crippen LogP contribution in [0.5, 0.6) is 0 Å². The van der Waals surface area contributed by atoms with Crippen molar-refractivity contribution in [2.75, 3.05) is 26.4 Å². The van der Waals surface area contributed by atoms with Crippen molar-refractivity contribution in [2.24, 2.45) is 11.8 Å². The average molecular weight is 201 g/mol. The Morgan fingerprint density at radius 1 is 1.36 bits per heavy atom. The Labute approximate surface area is 86.8 Å². The van der Waals surface area contributed by atoms with Crippen molar-refractivity contribution in [3.05, 3.63) is 0 Å². The molecule has 0 spiro atoms. The van der Waals surface area contributed by atoms with Crippen molar-refractivity contribution in [1.82, 2.24) is 5.32 Å². The van der Waals surface area contributed by atoms with E-state index in [1.807, 2.05) is 0 Å². The number of hydrogen-bond acceptors (Lipinski definition) is 3. The van der Waals surface area contributed by atoms with E-state index in [0.29, 0.717) is 12.0 Å². The van der Waals surface area contributed by atoms with Crippen LogP contribution >= 0.6 is 0 Å². The van der Waals surface area contributed by atoms with Gasteiger partial charge in [0.1, 0.15) is 0 Å². The summed E-state index contributed by atoms with van der Waals surface area (Å²) in [5.74, 6) is 1.10. The monoisotopic (exact) mass is 201 g/mol. The van der Waals surface area contributed by atoms with E-state index in [1.54, 1.807) is 0 Å². The zero-order valence-electron chi connectivity index (χ0n) is 9.33. The minimum Gasteiger partial charge on any atom is -0.396 e. The second kappa shape index (κ2) is 6.38. The summed E-state index contributed by atoms with van der Waals surface area (Å²) < 4.78 is 5.31. The van der Waals surface area contributed by atoms with Crippen LogP contribution in [-0.4, -0.2) is 37.5 Å². The van der Waals surface area contributed by atoms with Crippen molar-refractivity contribution in [2.45, 2.75) is 32.7 Å². The first-order chi connectivity index (χ1) is 6.74. The standard InChI is InChI=1S/C11H23NO2/c1-9(8-13)10(2)12-7-11-3-5-14-6-4-11/h9-13H,3-8H2,1-2H3. The van der Waals surface area contributed by atoms with Crippen LogP contribution in [0.1, 0.15) is 26.7 Å². The zero-order valence-corrected chi connectivity index (χ0v) is 9.33. The second-order valence-corrected chi connectivity index (χ2v) is 4.41. The Bertz CT molecular complexity index is 144. The zero-order chi connectivity index (χ0) is 10.4. The van der Waals surface area contributed by atoms with Crippen LogP contribution in [0.2, 0.25) is 0 Å². The summed E-state index contributed by atoms with van der Waals surface area (Å²) in [6.07, 6.45) is 2.35. The number of nitrogens with one attached hydrogen (secondary N) is 1. The van der Waals surface area contributed by atoms with Gasteiger partial charge in [-0.3, -0.25) is 0 Å². The second-order valence-electron chi connectivity index (χ2n) is 4.41. The molecule has 2 N–H and O–H groups in total. The van der Waals surface area contributed by atoms with Crippen molar-refractivity contribution >= 4 is 0 Å². The maximum absolute atomic E-state index is 8.98. The molecule has 0 aliphatic carbocycles. The summed E-state index contributed by atoms with van der Waals surface area (Å²) in [5.41, 5.74) is 0. The molecular formula is C11H23NO2. The van der Waals surface area contributed by atoms with E-state index < -0.39 is 0 Å². The van der Waals surface area contributed by atoms with Crippen molar-refractivity contribution in [3.8, 4) is 0 Å². The molecular weight excluding hydrogens is 178 g/mol. The molecule has 2 unspecified atom stereocenters. The number of ether oxygens (including phenoxy) is 1. The maximum Gasteiger partial charge on any atom is 0.0471 e. The molecule has 0 saturated carbocycles. The lowest BCUT2D eigenvalue weighted by atomic mass is 9.98. The maximum atomic E-state index is 8.98. The highest BCUT2D eigenvalue weighted by atomic mass is 16.5. The molecule has 0 radical (unpaired) electrons. The highest BCUT2D eigenvalue weighted by Crippen LogP contribution is 2.14. The van der Waals surface area contributed by atoms with Gasteiger partial charge in [0.2, 0.25) is 0 Å². The van der Waals surface area contributed by atoms with E-state index >= 15 is 0 Å². The third kappa shape index (κ3) is 3.95. The first-order valence-corrected chi connectivity index (χ1v) is 5.66. The predicted molar refractivity (Wildman–Crippen MR) is 57.3 cm³/mol. The normalized spacial score (nSPS) is 23.4. The van der Waals surface area contributed by atoms with Crippen LogP contribution in [0.4, 0.5) is 0 Å². The van der Waals surface area contributed by atoms with Gasteiger partial charge in [-0.25, -0.2) is 0 Å². The van der Waals surface area contributed by atoms with E-state index in [2.05, 4.69) is 19.2 Å². The highest BCUT2D eigenvalue weighted by Gasteiger charge is 2.16. The Balaban J connectivity index is 2.12. The summed E-state index contributed by atoms with van der Waals surface area (Å²) in [6, 6.07) is 0.405. The lowest BCUT2D eigenvalue weighted by Crippen LogP contribution is -2.38. The van der Waals surface area contributed by atoms with Crippen LogP contribution < -0.4 is 5.32 Å². The molecule has 0 aromatic carbocycles. The molecule has 1 aliphatic heterocycles. The van der Waals surface area contributed by atoms with Crippen LogP contribution in [0.25, 0.3) is 0 Å². The lowest BCUT2D eigenvalue weighted by molar-refractivity contribution is 0.0644. The van der Waals surface area contributed by atoms with E-state index in [1.165, 1.54) is 12.8 Å². The molecule has 3 heteroatoms. The number of rotatable bonds is 5. The summed E-state index contributed by atoms with van der Waals surface area (Å²) in [7, 11) is 0.